The van der Waals surface area contributed by atoms with Crippen LogP contribution in [-0.2, 0) is 9.53 Å². The second-order valence-electron chi connectivity index (χ2n) is 8.48. The van der Waals surface area contributed by atoms with Gasteiger partial charge in [0.25, 0.3) is 11.8 Å². The summed E-state index contributed by atoms with van der Waals surface area (Å²) in [5.41, 5.74) is 2.16. The molecule has 0 aliphatic carbocycles. The number of benzene rings is 3. The summed E-state index contributed by atoms with van der Waals surface area (Å²) in [6.07, 6.45) is 0.369. The third-order valence-corrected chi connectivity index (χ3v) is 6.09. The van der Waals surface area contributed by atoms with Gasteiger partial charge in [0.1, 0.15) is 23.9 Å². The number of carbonyl (C=O) groups is 2. The van der Waals surface area contributed by atoms with Crippen LogP contribution in [-0.4, -0.2) is 61.4 Å². The maximum atomic E-state index is 13.8. The lowest BCUT2D eigenvalue weighted by molar-refractivity contribution is -0.133. The highest BCUT2D eigenvalue weighted by molar-refractivity contribution is 6.03. The maximum absolute atomic E-state index is 13.8. The Bertz CT molecular complexity index is 1300. The first-order valence-corrected chi connectivity index (χ1v) is 11.7. The molecule has 0 aromatic heterocycles. The average molecular weight is 508 g/mol. The largest absolute Gasteiger partial charge is 0.496 e. The SMILES string of the molecule is COCCN(CC(=O)N1N=C(c2ccc(F)cc2)C[C@@H]1c1ccccc1OC)C(=O)c1cccc(F)c1. The summed E-state index contributed by atoms with van der Waals surface area (Å²) in [7, 11) is 3.04. The molecule has 4 rings (SSSR count). The van der Waals surface area contributed by atoms with Gasteiger partial charge in [0.05, 0.1) is 25.5 Å². The van der Waals surface area contributed by atoms with Crippen molar-refractivity contribution in [3.05, 3.63) is 101 Å². The van der Waals surface area contributed by atoms with Crippen molar-refractivity contribution in [3.63, 3.8) is 0 Å². The van der Waals surface area contributed by atoms with Crippen LogP contribution in [0.15, 0.2) is 77.9 Å². The molecular formula is C28H27F2N3O4. The van der Waals surface area contributed by atoms with E-state index >= 15 is 0 Å². The van der Waals surface area contributed by atoms with Gasteiger partial charge in [-0.25, -0.2) is 13.8 Å². The highest BCUT2D eigenvalue weighted by atomic mass is 19.1. The van der Waals surface area contributed by atoms with E-state index in [1.165, 1.54) is 47.4 Å². The molecule has 0 saturated heterocycles. The van der Waals surface area contributed by atoms with Crippen LogP contribution in [0.5, 0.6) is 5.75 Å². The highest BCUT2D eigenvalue weighted by Gasteiger charge is 2.36. The number of hydrogen-bond acceptors (Lipinski definition) is 5. The molecule has 192 valence electrons. The number of hydrogen-bond donors (Lipinski definition) is 0. The molecule has 1 aliphatic rings. The number of nitrogens with zero attached hydrogens (tertiary/aromatic N) is 3. The lowest BCUT2D eigenvalue weighted by Gasteiger charge is -2.27. The van der Waals surface area contributed by atoms with Crippen molar-refractivity contribution in [3.8, 4) is 5.75 Å². The van der Waals surface area contributed by atoms with Gasteiger partial charge in [-0.05, 0) is 42.0 Å². The maximum Gasteiger partial charge on any atom is 0.262 e. The van der Waals surface area contributed by atoms with Crippen LogP contribution >= 0.6 is 0 Å². The Kier molecular flexibility index (Phi) is 8.25. The molecule has 1 heterocycles. The number of methoxy groups -OCH3 is 2. The number of para-hydroxylation sites is 1. The molecule has 3 aromatic rings. The summed E-state index contributed by atoms with van der Waals surface area (Å²) < 4.78 is 37.9. The van der Waals surface area contributed by atoms with Crippen molar-refractivity contribution in [2.45, 2.75) is 12.5 Å². The molecule has 0 unspecified atom stereocenters. The van der Waals surface area contributed by atoms with Crippen LogP contribution in [0.3, 0.4) is 0 Å². The molecule has 3 aromatic carbocycles. The molecule has 0 saturated carbocycles. The second-order valence-corrected chi connectivity index (χ2v) is 8.48. The van der Waals surface area contributed by atoms with Crippen molar-refractivity contribution < 1.29 is 27.8 Å². The van der Waals surface area contributed by atoms with Gasteiger partial charge in [0.15, 0.2) is 0 Å². The van der Waals surface area contributed by atoms with E-state index in [0.717, 1.165) is 11.6 Å². The van der Waals surface area contributed by atoms with Gasteiger partial charge in [-0.1, -0.05) is 36.4 Å². The van der Waals surface area contributed by atoms with Gasteiger partial charge in [0, 0.05) is 31.2 Å². The average Bonchev–Trinajstić information content (AvgIpc) is 3.36. The predicted molar refractivity (Wildman–Crippen MR) is 134 cm³/mol. The number of ether oxygens (including phenoxy) is 2. The van der Waals surface area contributed by atoms with E-state index in [0.29, 0.717) is 23.4 Å². The van der Waals surface area contributed by atoms with E-state index in [2.05, 4.69) is 5.10 Å². The van der Waals surface area contributed by atoms with Gasteiger partial charge in [-0.3, -0.25) is 9.59 Å². The Balaban J connectivity index is 1.66. The fourth-order valence-electron chi connectivity index (χ4n) is 4.23. The lowest BCUT2D eigenvalue weighted by atomic mass is 9.97. The van der Waals surface area contributed by atoms with Crippen molar-refractivity contribution in [2.75, 3.05) is 33.9 Å². The lowest BCUT2D eigenvalue weighted by Crippen LogP contribution is -2.42. The minimum absolute atomic E-state index is 0.124. The number of amides is 2. The summed E-state index contributed by atoms with van der Waals surface area (Å²) in [6, 6.07) is 18.0. The second kappa shape index (κ2) is 11.7. The summed E-state index contributed by atoms with van der Waals surface area (Å²) in [5.74, 6) is -1.27. The smallest absolute Gasteiger partial charge is 0.262 e. The summed E-state index contributed by atoms with van der Waals surface area (Å²) >= 11 is 0. The van der Waals surface area contributed by atoms with E-state index in [9.17, 15) is 18.4 Å². The van der Waals surface area contributed by atoms with Crippen LogP contribution < -0.4 is 4.74 Å². The molecule has 0 bridgehead atoms. The first-order chi connectivity index (χ1) is 17.9. The third-order valence-electron chi connectivity index (χ3n) is 6.09. The van der Waals surface area contributed by atoms with Crippen molar-refractivity contribution in [1.82, 2.24) is 9.91 Å². The van der Waals surface area contributed by atoms with Crippen molar-refractivity contribution in [1.29, 1.82) is 0 Å². The van der Waals surface area contributed by atoms with Crippen molar-refractivity contribution >= 4 is 17.5 Å². The molecular weight excluding hydrogens is 480 g/mol. The number of halogens is 2. The highest BCUT2D eigenvalue weighted by Crippen LogP contribution is 2.37. The fourth-order valence-corrected chi connectivity index (χ4v) is 4.23. The van der Waals surface area contributed by atoms with Crippen molar-refractivity contribution in [2.24, 2.45) is 5.10 Å². The first-order valence-electron chi connectivity index (χ1n) is 11.7. The molecule has 37 heavy (non-hydrogen) atoms. The quantitative estimate of drug-likeness (QED) is 0.429. The van der Waals surface area contributed by atoms with E-state index in [4.69, 9.17) is 9.47 Å². The summed E-state index contributed by atoms with van der Waals surface area (Å²) in [4.78, 5) is 28.1. The molecule has 1 atom stereocenters. The van der Waals surface area contributed by atoms with Crippen LogP contribution in [0, 0.1) is 11.6 Å². The Morgan fingerprint density at radius 2 is 1.76 bits per heavy atom. The minimum Gasteiger partial charge on any atom is -0.496 e. The Morgan fingerprint density at radius 1 is 1.00 bits per heavy atom. The number of hydrazone groups is 1. The standard InChI is InChI=1S/C28H27F2N3O4/c1-36-15-14-32(28(35)20-6-5-7-22(30)16-20)18-27(34)33-25(23-8-3-4-9-26(23)37-2)17-24(31-33)19-10-12-21(29)13-11-19/h3-13,16,25H,14-15,17-18H2,1-2H3/t25-/m1/s1. The molecule has 0 radical (unpaired) electrons. The minimum atomic E-state index is -0.548. The van der Waals surface area contributed by atoms with Gasteiger partial charge < -0.3 is 14.4 Å². The van der Waals surface area contributed by atoms with E-state index < -0.39 is 23.7 Å². The van der Waals surface area contributed by atoms with Gasteiger partial charge in [0.2, 0.25) is 0 Å². The zero-order valence-electron chi connectivity index (χ0n) is 20.6. The van der Waals surface area contributed by atoms with Gasteiger partial charge in [-0.15, -0.1) is 0 Å². The molecule has 0 N–H and O–H groups in total. The van der Waals surface area contributed by atoms with E-state index in [1.54, 1.807) is 25.3 Å². The Morgan fingerprint density at radius 3 is 2.46 bits per heavy atom. The van der Waals surface area contributed by atoms with Crippen LogP contribution in [0.4, 0.5) is 8.78 Å². The van der Waals surface area contributed by atoms with Gasteiger partial charge >= 0.3 is 0 Å². The van der Waals surface area contributed by atoms with Gasteiger partial charge in [-0.2, -0.15) is 5.10 Å². The van der Waals surface area contributed by atoms with Crippen LogP contribution in [0.25, 0.3) is 0 Å². The molecule has 7 nitrogen and oxygen atoms in total. The summed E-state index contributed by atoms with van der Waals surface area (Å²) in [5, 5.41) is 5.94. The summed E-state index contributed by atoms with van der Waals surface area (Å²) in [6.45, 7) is 0.0121. The van der Waals surface area contributed by atoms with Crippen LogP contribution in [0.2, 0.25) is 0 Å². The van der Waals surface area contributed by atoms with E-state index in [1.807, 2.05) is 18.2 Å². The number of rotatable bonds is 9. The first kappa shape index (κ1) is 26.0. The predicted octanol–water partition coefficient (Wildman–Crippen LogP) is 4.44. The zero-order chi connectivity index (χ0) is 26.4. The molecule has 2 amide bonds. The zero-order valence-corrected chi connectivity index (χ0v) is 20.6. The normalized spacial score (nSPS) is 14.9. The monoisotopic (exact) mass is 507 g/mol. The molecule has 0 spiro atoms. The topological polar surface area (TPSA) is 71.4 Å². The number of carbonyl (C=O) groups excluding carboxylic acids is 2. The molecule has 1 aliphatic heterocycles. The Hall–Kier alpha value is -4.11. The van der Waals surface area contributed by atoms with Crippen LogP contribution in [0.1, 0.15) is 33.9 Å². The molecule has 0 fully saturated rings. The third kappa shape index (κ3) is 6.00. The fraction of sp³-hybridized carbons (Fsp3) is 0.250. The molecule has 9 heteroatoms. The van der Waals surface area contributed by atoms with E-state index in [-0.39, 0.29) is 31.1 Å². The Labute approximate surface area is 213 Å².